The number of halogens is 4. The predicted molar refractivity (Wildman–Crippen MR) is 160 cm³/mol. The molecule has 5 aromatic rings. The fourth-order valence-corrected chi connectivity index (χ4v) is 6.27. The molecule has 8 nitrogen and oxygen atoms in total. The highest BCUT2D eigenvalue weighted by Gasteiger charge is 2.46. The molecular weight excluding hydrogens is 610 g/mol. The van der Waals surface area contributed by atoms with E-state index in [2.05, 4.69) is 5.32 Å². The number of nitrogens with zero attached hydrogens (tertiary/aromatic N) is 4. The summed E-state index contributed by atoms with van der Waals surface area (Å²) >= 11 is 1.18. The average Bonchev–Trinajstić information content (AvgIpc) is 3.61. The zero-order chi connectivity index (χ0) is 31.9. The van der Waals surface area contributed by atoms with Gasteiger partial charge in [0.15, 0.2) is 0 Å². The minimum Gasteiger partial charge on any atom is -0.339 e. The van der Waals surface area contributed by atoms with Crippen LogP contribution in [-0.2, 0) is 17.5 Å². The lowest BCUT2D eigenvalue weighted by molar-refractivity contribution is -0.137. The van der Waals surface area contributed by atoms with Crippen molar-refractivity contribution in [2.45, 2.75) is 31.6 Å². The zero-order valence-corrected chi connectivity index (χ0v) is 24.5. The van der Waals surface area contributed by atoms with Crippen LogP contribution in [0.1, 0.15) is 45.6 Å². The van der Waals surface area contributed by atoms with Gasteiger partial charge >= 0.3 is 6.18 Å². The number of rotatable bonds is 7. The van der Waals surface area contributed by atoms with E-state index in [4.69, 9.17) is 5.10 Å². The largest absolute Gasteiger partial charge is 0.416 e. The van der Waals surface area contributed by atoms with Gasteiger partial charge in [-0.15, -0.1) is 0 Å². The summed E-state index contributed by atoms with van der Waals surface area (Å²) in [4.78, 5) is 41.8. The summed E-state index contributed by atoms with van der Waals surface area (Å²) in [6.07, 6.45) is -4.68. The van der Waals surface area contributed by atoms with E-state index >= 15 is 0 Å². The fraction of sp³-hybridized carbons (Fsp3) is 0.188. The van der Waals surface area contributed by atoms with E-state index in [0.717, 1.165) is 18.2 Å². The maximum absolute atomic E-state index is 14.3. The van der Waals surface area contributed by atoms with E-state index in [0.29, 0.717) is 28.3 Å². The van der Waals surface area contributed by atoms with Crippen molar-refractivity contribution in [3.05, 3.63) is 134 Å². The molecule has 2 amide bonds. The number of para-hydroxylation sites is 1. The van der Waals surface area contributed by atoms with Crippen molar-refractivity contribution in [3.8, 4) is 5.69 Å². The van der Waals surface area contributed by atoms with Crippen LogP contribution >= 0.6 is 11.5 Å². The van der Waals surface area contributed by atoms with Crippen molar-refractivity contribution in [1.82, 2.24) is 19.1 Å². The lowest BCUT2D eigenvalue weighted by atomic mass is 9.80. The van der Waals surface area contributed by atoms with Crippen LogP contribution in [0.3, 0.4) is 0 Å². The monoisotopic (exact) mass is 635 g/mol. The molecule has 13 heteroatoms. The van der Waals surface area contributed by atoms with Gasteiger partial charge in [0.25, 0.3) is 17.4 Å². The average molecular weight is 636 g/mol. The van der Waals surface area contributed by atoms with Crippen LogP contribution in [0, 0.1) is 5.82 Å². The summed E-state index contributed by atoms with van der Waals surface area (Å²) in [7, 11) is 0. The third-order valence-corrected chi connectivity index (χ3v) is 8.45. The first-order chi connectivity index (χ1) is 21.6. The van der Waals surface area contributed by atoms with E-state index in [1.165, 1.54) is 56.8 Å². The minimum atomic E-state index is -4.68. The van der Waals surface area contributed by atoms with Crippen LogP contribution in [-0.4, -0.2) is 38.1 Å². The first-order valence-corrected chi connectivity index (χ1v) is 14.8. The van der Waals surface area contributed by atoms with Gasteiger partial charge in [-0.3, -0.25) is 23.2 Å². The van der Waals surface area contributed by atoms with Gasteiger partial charge in [0.05, 0.1) is 23.5 Å². The fourth-order valence-electron chi connectivity index (χ4n) is 5.58. The number of nitrogens with one attached hydrogen (secondary N) is 1. The number of fused-ring (bicyclic) bond motifs is 1. The van der Waals surface area contributed by atoms with E-state index in [-0.39, 0.29) is 24.2 Å². The van der Waals surface area contributed by atoms with Gasteiger partial charge in [-0.2, -0.15) is 18.3 Å². The molecule has 3 aromatic carbocycles. The molecule has 2 aromatic heterocycles. The van der Waals surface area contributed by atoms with Crippen LogP contribution in [0.25, 0.3) is 5.69 Å². The third kappa shape index (κ3) is 5.66. The van der Waals surface area contributed by atoms with Gasteiger partial charge in [0, 0.05) is 35.0 Å². The molecule has 0 spiro atoms. The van der Waals surface area contributed by atoms with Crippen molar-refractivity contribution >= 4 is 29.2 Å². The molecule has 0 fully saturated rings. The molecule has 6 rings (SSSR count). The molecule has 0 aliphatic carbocycles. The molecule has 0 bridgehead atoms. The first-order valence-electron chi connectivity index (χ1n) is 13.9. The molecule has 2 atom stereocenters. The highest BCUT2D eigenvalue weighted by Crippen LogP contribution is 2.44. The molecule has 1 aliphatic heterocycles. The molecule has 0 unspecified atom stereocenters. The molecule has 0 saturated carbocycles. The molecule has 230 valence electrons. The summed E-state index contributed by atoms with van der Waals surface area (Å²) < 4.78 is 57.5. The van der Waals surface area contributed by atoms with E-state index in [1.807, 2.05) is 18.2 Å². The maximum atomic E-state index is 14.3. The zero-order valence-electron chi connectivity index (χ0n) is 23.7. The van der Waals surface area contributed by atoms with Gasteiger partial charge in [0.2, 0.25) is 0 Å². The Balaban J connectivity index is 1.55. The number of carbonyl (C=O) groups is 2. The van der Waals surface area contributed by atoms with Gasteiger partial charge in [-0.1, -0.05) is 47.9 Å². The van der Waals surface area contributed by atoms with Crippen molar-refractivity contribution < 1.29 is 27.2 Å². The second-order valence-electron chi connectivity index (χ2n) is 10.4. The number of carbonyl (C=O) groups excluding carboxylic acids is 2. The van der Waals surface area contributed by atoms with Crippen LogP contribution in [0.2, 0.25) is 0 Å². The van der Waals surface area contributed by atoms with Gasteiger partial charge in [-0.25, -0.2) is 9.07 Å². The van der Waals surface area contributed by atoms with Gasteiger partial charge < -0.3 is 5.32 Å². The maximum Gasteiger partial charge on any atom is 0.416 e. The molecule has 0 saturated heterocycles. The molecule has 3 heterocycles. The Morgan fingerprint density at radius 1 is 0.978 bits per heavy atom. The lowest BCUT2D eigenvalue weighted by Crippen LogP contribution is -2.55. The number of aromatic nitrogens is 3. The van der Waals surface area contributed by atoms with Crippen LogP contribution in [0.15, 0.2) is 95.1 Å². The summed E-state index contributed by atoms with van der Waals surface area (Å²) in [6.45, 7) is 1.95. The Hall–Kier alpha value is -5.04. The highest BCUT2D eigenvalue weighted by atomic mass is 32.1. The van der Waals surface area contributed by atoms with Crippen LogP contribution < -0.4 is 15.8 Å². The van der Waals surface area contributed by atoms with Crippen molar-refractivity contribution in [3.63, 3.8) is 0 Å². The summed E-state index contributed by atoms with van der Waals surface area (Å²) in [5.74, 6) is -2.47. The van der Waals surface area contributed by atoms with Gasteiger partial charge in [0.1, 0.15) is 17.7 Å². The Morgan fingerprint density at radius 2 is 1.71 bits per heavy atom. The number of anilines is 1. The number of alkyl halides is 3. The lowest BCUT2D eigenvalue weighted by Gasteiger charge is -2.38. The van der Waals surface area contributed by atoms with Gasteiger partial charge in [-0.05, 0) is 55.0 Å². The Morgan fingerprint density at radius 3 is 2.36 bits per heavy atom. The normalized spacial score (nSPS) is 16.5. The standard InChI is InChI=1S/C32H25F4N5O3S/c1-2-39-30-27(24(18-40-25(42)15-16-45-40)38-41(30)23-9-4-3-5-10-23)26(19-11-13-22(33)14-12-19)28(31(39)44)37-29(43)20-7-6-8-21(17-20)32(34,35)36/h3-17,26,28H,2,18H2,1H3,(H,37,43)/t26-,28-/m1/s1. The SMILES string of the molecule is CCN1C(=O)[C@H](NC(=O)c2cccc(C(F)(F)F)c2)[C@H](c2ccc(F)cc2)c2c(Cn3sccc3=O)nn(-c3ccccc3)c21. The van der Waals surface area contributed by atoms with Crippen LogP contribution in [0.4, 0.5) is 23.4 Å². The number of likely N-dealkylation sites (N-methyl/N-ethyl adjacent to an activating group) is 1. The van der Waals surface area contributed by atoms with Crippen molar-refractivity contribution in [2.24, 2.45) is 0 Å². The number of hydrogen-bond acceptors (Lipinski definition) is 5. The second kappa shape index (κ2) is 11.8. The quantitative estimate of drug-likeness (QED) is 0.236. The van der Waals surface area contributed by atoms with Crippen molar-refractivity contribution in [2.75, 3.05) is 11.4 Å². The number of amides is 2. The smallest absolute Gasteiger partial charge is 0.339 e. The molecule has 0 radical (unpaired) electrons. The molecule has 1 N–H and O–H groups in total. The van der Waals surface area contributed by atoms with Crippen molar-refractivity contribution in [1.29, 1.82) is 0 Å². The number of benzene rings is 3. The topological polar surface area (TPSA) is 89.2 Å². The van der Waals surface area contributed by atoms with E-state index in [9.17, 15) is 31.9 Å². The summed E-state index contributed by atoms with van der Waals surface area (Å²) in [5.41, 5.74) is 0.492. The minimum absolute atomic E-state index is 0.0381. The Kier molecular flexibility index (Phi) is 7.87. The highest BCUT2D eigenvalue weighted by molar-refractivity contribution is 7.04. The Labute approximate surface area is 258 Å². The third-order valence-electron chi connectivity index (χ3n) is 7.63. The van der Waals surface area contributed by atoms with E-state index < -0.39 is 41.3 Å². The number of hydrogen-bond donors (Lipinski definition) is 1. The van der Waals surface area contributed by atoms with E-state index in [1.54, 1.807) is 29.1 Å². The second-order valence-corrected chi connectivity index (χ2v) is 11.3. The molecule has 45 heavy (non-hydrogen) atoms. The first kappa shape index (κ1) is 30.0. The molecule has 1 aliphatic rings. The summed E-state index contributed by atoms with van der Waals surface area (Å²) in [5, 5.41) is 9.20. The molecular formula is C32H25F4N5O3S. The summed E-state index contributed by atoms with van der Waals surface area (Å²) in [6, 6.07) is 18.5. The predicted octanol–water partition coefficient (Wildman–Crippen LogP) is 5.60. The Bertz CT molecular complexity index is 1930. The van der Waals surface area contributed by atoms with Crippen LogP contribution in [0.5, 0.6) is 0 Å².